The minimum Gasteiger partial charge on any atom is -0.375 e. The maximum absolute atomic E-state index is 13.7. The number of para-hydroxylation sites is 1. The average molecular weight is 400 g/mol. The molecular weight excluding hydrogens is 385 g/mol. The van der Waals surface area contributed by atoms with Gasteiger partial charge in [-0.25, -0.2) is 4.39 Å². The summed E-state index contributed by atoms with van der Waals surface area (Å²) in [7, 11) is 0. The second-order valence-electron chi connectivity index (χ2n) is 5.87. The van der Waals surface area contributed by atoms with Gasteiger partial charge in [0, 0.05) is 23.2 Å². The predicted octanol–water partition coefficient (Wildman–Crippen LogP) is 5.25. The van der Waals surface area contributed by atoms with Crippen LogP contribution in [-0.2, 0) is 6.54 Å². The zero-order valence-corrected chi connectivity index (χ0v) is 15.2. The number of hydrogen-bond acceptors (Lipinski definition) is 4. The molecule has 0 unspecified atom stereocenters. The summed E-state index contributed by atoms with van der Waals surface area (Å²) in [5.74, 6) is -1.24. The zero-order valence-electron chi connectivity index (χ0n) is 14.5. The van der Waals surface area contributed by atoms with Crippen LogP contribution in [0, 0.1) is 15.9 Å². The molecule has 0 spiro atoms. The maximum atomic E-state index is 13.7. The van der Waals surface area contributed by atoms with E-state index in [-0.39, 0.29) is 29.2 Å². The third-order valence-corrected chi connectivity index (χ3v) is 4.37. The van der Waals surface area contributed by atoms with Crippen molar-refractivity contribution in [3.63, 3.8) is 0 Å². The topological polar surface area (TPSA) is 84.3 Å². The highest BCUT2D eigenvalue weighted by Gasteiger charge is 2.18. The van der Waals surface area contributed by atoms with Gasteiger partial charge in [-0.05, 0) is 35.9 Å². The number of nitrogens with zero attached hydrogens (tertiary/aromatic N) is 1. The minimum absolute atomic E-state index is 0.00364. The summed E-state index contributed by atoms with van der Waals surface area (Å²) in [6.07, 6.45) is 0. The van der Waals surface area contributed by atoms with Crippen LogP contribution in [0.4, 0.5) is 21.5 Å². The van der Waals surface area contributed by atoms with E-state index in [1.807, 2.05) is 6.07 Å². The molecule has 0 saturated carbocycles. The number of hydrogen-bond donors (Lipinski definition) is 2. The number of benzene rings is 3. The Balaban J connectivity index is 1.81. The monoisotopic (exact) mass is 399 g/mol. The molecule has 0 aliphatic heterocycles. The molecular formula is C20H15ClFN3O3. The van der Waals surface area contributed by atoms with Crippen LogP contribution in [0.15, 0.2) is 66.7 Å². The summed E-state index contributed by atoms with van der Waals surface area (Å²) in [4.78, 5) is 23.2. The second-order valence-corrected chi connectivity index (χ2v) is 6.28. The minimum atomic E-state index is -0.647. The van der Waals surface area contributed by atoms with Crippen molar-refractivity contribution in [1.82, 2.24) is 0 Å². The van der Waals surface area contributed by atoms with Gasteiger partial charge in [0.15, 0.2) is 0 Å². The number of carbonyl (C=O) groups is 1. The fraction of sp³-hybridized carbons (Fsp3) is 0.0500. The standard InChI is InChI=1S/C20H15ClFN3O3/c21-15-6-2-1-5-14(15)12-23-18-10-9-13(11-19(18)25(27)28)20(26)24-17-8-4-3-7-16(17)22/h1-11,23H,12H2,(H,24,26). The molecule has 0 heterocycles. The van der Waals surface area contributed by atoms with Gasteiger partial charge in [0.1, 0.15) is 11.5 Å². The van der Waals surface area contributed by atoms with Gasteiger partial charge in [-0.1, -0.05) is 41.9 Å². The first-order valence-corrected chi connectivity index (χ1v) is 8.65. The lowest BCUT2D eigenvalue weighted by atomic mass is 10.1. The molecule has 6 nitrogen and oxygen atoms in total. The molecule has 1 amide bonds. The molecule has 28 heavy (non-hydrogen) atoms. The van der Waals surface area contributed by atoms with Crippen molar-refractivity contribution in [3.05, 3.63) is 98.8 Å². The zero-order chi connectivity index (χ0) is 20.1. The molecule has 0 atom stereocenters. The molecule has 0 aliphatic carbocycles. The summed E-state index contributed by atoms with van der Waals surface area (Å²) < 4.78 is 13.7. The van der Waals surface area contributed by atoms with Crippen molar-refractivity contribution >= 4 is 34.6 Å². The quantitative estimate of drug-likeness (QED) is 0.438. The summed E-state index contributed by atoms with van der Waals surface area (Å²) in [5.41, 5.74) is 0.787. The van der Waals surface area contributed by atoms with Gasteiger partial charge in [-0.15, -0.1) is 0 Å². The molecule has 3 aromatic carbocycles. The maximum Gasteiger partial charge on any atom is 0.293 e. The SMILES string of the molecule is O=C(Nc1ccccc1F)c1ccc(NCc2ccccc2Cl)c([N+](=O)[O-])c1. The summed E-state index contributed by atoms with van der Waals surface area (Å²) in [5, 5.41) is 17.3. The summed E-state index contributed by atoms with van der Waals surface area (Å²) >= 11 is 6.09. The third kappa shape index (κ3) is 4.44. The fourth-order valence-corrected chi connectivity index (χ4v) is 2.77. The lowest BCUT2D eigenvalue weighted by Gasteiger charge is -2.10. The van der Waals surface area contributed by atoms with E-state index in [1.54, 1.807) is 24.3 Å². The van der Waals surface area contributed by atoms with E-state index >= 15 is 0 Å². The van der Waals surface area contributed by atoms with E-state index in [0.29, 0.717) is 5.02 Å². The van der Waals surface area contributed by atoms with Gasteiger partial charge in [-0.3, -0.25) is 14.9 Å². The highest BCUT2D eigenvalue weighted by molar-refractivity contribution is 6.31. The lowest BCUT2D eigenvalue weighted by molar-refractivity contribution is -0.384. The lowest BCUT2D eigenvalue weighted by Crippen LogP contribution is -2.13. The Morgan fingerprint density at radius 3 is 2.46 bits per heavy atom. The van der Waals surface area contributed by atoms with Gasteiger partial charge in [0.25, 0.3) is 11.6 Å². The summed E-state index contributed by atoms with van der Waals surface area (Å²) in [6.45, 7) is 0.279. The Morgan fingerprint density at radius 2 is 1.75 bits per heavy atom. The first kappa shape index (κ1) is 19.3. The molecule has 3 rings (SSSR count). The molecule has 0 aliphatic rings. The van der Waals surface area contributed by atoms with E-state index in [4.69, 9.17) is 11.6 Å². The first-order valence-electron chi connectivity index (χ1n) is 8.27. The van der Waals surface area contributed by atoms with Crippen molar-refractivity contribution in [3.8, 4) is 0 Å². The van der Waals surface area contributed by atoms with Gasteiger partial charge in [0.2, 0.25) is 0 Å². The number of anilines is 2. The molecule has 2 N–H and O–H groups in total. The van der Waals surface area contributed by atoms with Crippen LogP contribution in [-0.4, -0.2) is 10.8 Å². The van der Waals surface area contributed by atoms with Crippen LogP contribution >= 0.6 is 11.6 Å². The Kier molecular flexibility index (Phi) is 5.86. The molecule has 3 aromatic rings. The Morgan fingerprint density at radius 1 is 1.04 bits per heavy atom. The van der Waals surface area contributed by atoms with E-state index in [0.717, 1.165) is 11.6 Å². The van der Waals surface area contributed by atoms with Gasteiger partial charge >= 0.3 is 0 Å². The van der Waals surface area contributed by atoms with Crippen LogP contribution in [0.2, 0.25) is 5.02 Å². The van der Waals surface area contributed by atoms with Gasteiger partial charge in [0.05, 0.1) is 10.6 Å². The average Bonchev–Trinajstić information content (AvgIpc) is 2.69. The highest BCUT2D eigenvalue weighted by atomic mass is 35.5. The fourth-order valence-electron chi connectivity index (χ4n) is 2.56. The van der Waals surface area contributed by atoms with E-state index in [1.165, 1.54) is 30.3 Å². The normalized spacial score (nSPS) is 10.4. The number of carbonyl (C=O) groups excluding carboxylic acids is 1. The Bertz CT molecular complexity index is 1040. The van der Waals surface area contributed by atoms with E-state index in [2.05, 4.69) is 10.6 Å². The molecule has 0 bridgehead atoms. The third-order valence-electron chi connectivity index (χ3n) is 4.01. The van der Waals surface area contributed by atoms with Crippen LogP contribution in [0.5, 0.6) is 0 Å². The molecule has 0 saturated heterocycles. The predicted molar refractivity (Wildman–Crippen MR) is 106 cm³/mol. The second kappa shape index (κ2) is 8.49. The number of nitrogens with one attached hydrogen (secondary N) is 2. The molecule has 0 aromatic heterocycles. The van der Waals surface area contributed by atoms with Crippen molar-refractivity contribution in [1.29, 1.82) is 0 Å². The first-order chi connectivity index (χ1) is 13.5. The molecule has 8 heteroatoms. The van der Waals surface area contributed by atoms with Crippen molar-refractivity contribution in [2.24, 2.45) is 0 Å². The van der Waals surface area contributed by atoms with Crippen molar-refractivity contribution in [2.45, 2.75) is 6.54 Å². The van der Waals surface area contributed by atoms with Gasteiger partial charge < -0.3 is 10.6 Å². The number of rotatable bonds is 6. The van der Waals surface area contributed by atoms with Crippen LogP contribution < -0.4 is 10.6 Å². The Labute approximate surface area is 165 Å². The number of amides is 1. The molecule has 0 fully saturated rings. The van der Waals surface area contributed by atoms with Gasteiger partial charge in [-0.2, -0.15) is 0 Å². The van der Waals surface area contributed by atoms with Crippen LogP contribution in [0.3, 0.4) is 0 Å². The largest absolute Gasteiger partial charge is 0.375 e. The molecule has 0 radical (unpaired) electrons. The van der Waals surface area contributed by atoms with E-state index < -0.39 is 16.6 Å². The van der Waals surface area contributed by atoms with Crippen LogP contribution in [0.25, 0.3) is 0 Å². The van der Waals surface area contributed by atoms with E-state index in [9.17, 15) is 19.3 Å². The number of nitro benzene ring substituents is 1. The van der Waals surface area contributed by atoms with Crippen molar-refractivity contribution in [2.75, 3.05) is 10.6 Å². The molecule has 142 valence electrons. The van der Waals surface area contributed by atoms with Crippen LogP contribution in [0.1, 0.15) is 15.9 Å². The van der Waals surface area contributed by atoms with Crippen molar-refractivity contribution < 1.29 is 14.1 Å². The number of halogens is 2. The highest BCUT2D eigenvalue weighted by Crippen LogP contribution is 2.27. The Hall–Kier alpha value is -3.45. The summed E-state index contributed by atoms with van der Waals surface area (Å²) in [6, 6.07) is 16.8. The number of nitro groups is 1. The smallest absolute Gasteiger partial charge is 0.293 e.